The van der Waals surface area contributed by atoms with Gasteiger partial charge in [0.2, 0.25) is 5.91 Å². The molecule has 1 amide bonds. The second-order valence-corrected chi connectivity index (χ2v) is 7.47. The third-order valence-corrected chi connectivity index (χ3v) is 5.27. The van der Waals surface area contributed by atoms with Crippen LogP contribution in [0, 0.1) is 0 Å². The van der Waals surface area contributed by atoms with Crippen molar-refractivity contribution < 1.29 is 22.7 Å². The Bertz CT molecular complexity index is 1020. The van der Waals surface area contributed by atoms with Crippen LogP contribution in [0.4, 0.5) is 13.2 Å². The number of hydrogen-bond donors (Lipinski definition) is 1. The molecule has 0 saturated carbocycles. The summed E-state index contributed by atoms with van der Waals surface area (Å²) < 4.78 is 45.4. The van der Waals surface area contributed by atoms with Gasteiger partial charge >= 0.3 is 6.18 Å². The van der Waals surface area contributed by atoms with Gasteiger partial charge < -0.3 is 9.64 Å². The minimum atomic E-state index is -4.40. The molecule has 10 heteroatoms. The largest absolute Gasteiger partial charge is 0.493 e. The van der Waals surface area contributed by atoms with Gasteiger partial charge in [-0.1, -0.05) is 6.07 Å². The van der Waals surface area contributed by atoms with E-state index in [1.165, 1.54) is 12.1 Å². The minimum Gasteiger partial charge on any atom is -0.493 e. The summed E-state index contributed by atoms with van der Waals surface area (Å²) in [6.45, 7) is 1.72. The van der Waals surface area contributed by atoms with Crippen molar-refractivity contribution in [1.82, 2.24) is 24.9 Å². The van der Waals surface area contributed by atoms with Crippen molar-refractivity contribution in [1.29, 1.82) is 0 Å². The lowest BCUT2D eigenvalue weighted by molar-refractivity contribution is -0.137. The van der Waals surface area contributed by atoms with E-state index in [-0.39, 0.29) is 30.7 Å². The number of nitrogens with zero attached hydrogens (tertiary/aromatic N) is 4. The Morgan fingerprint density at radius 2 is 2.13 bits per heavy atom. The summed E-state index contributed by atoms with van der Waals surface area (Å²) in [5.41, 5.74) is 0.980. The van der Waals surface area contributed by atoms with E-state index in [1.807, 2.05) is 11.0 Å². The van der Waals surface area contributed by atoms with Gasteiger partial charge in [-0.05, 0) is 36.8 Å². The standard InChI is InChI=1S/C21H22F3N5O2/c22-21(23,24)16-3-1-4-18(11-16)31-10-6-17-12-19(27-26-17)15-5-9-28(13-15)20(30)14-29-8-2-7-25-29/h1-4,7-8,11-12,15H,5-6,9-10,13-14H2,(H,26,27)/t15-/m0/s1. The molecule has 1 atom stereocenters. The summed E-state index contributed by atoms with van der Waals surface area (Å²) in [4.78, 5) is 14.2. The lowest BCUT2D eigenvalue weighted by atomic mass is 10.0. The van der Waals surface area contributed by atoms with Crippen LogP contribution < -0.4 is 4.74 Å². The molecule has 0 unspecified atom stereocenters. The summed E-state index contributed by atoms with van der Waals surface area (Å²) in [5, 5.41) is 11.4. The number of rotatable bonds is 7. The zero-order valence-corrected chi connectivity index (χ0v) is 16.7. The molecule has 0 aliphatic carbocycles. The van der Waals surface area contributed by atoms with Crippen LogP contribution >= 0.6 is 0 Å². The number of hydrogen-bond acceptors (Lipinski definition) is 4. The van der Waals surface area contributed by atoms with Gasteiger partial charge in [0.25, 0.3) is 0 Å². The summed E-state index contributed by atoms with van der Waals surface area (Å²) in [6.07, 6.45) is 0.315. The molecule has 164 valence electrons. The zero-order chi connectivity index (χ0) is 21.8. The van der Waals surface area contributed by atoms with E-state index in [0.29, 0.717) is 19.5 Å². The summed E-state index contributed by atoms with van der Waals surface area (Å²) in [5.74, 6) is 0.351. The highest BCUT2D eigenvalue weighted by Gasteiger charge is 2.31. The maximum absolute atomic E-state index is 12.8. The first-order valence-corrected chi connectivity index (χ1v) is 9.98. The fraction of sp³-hybridized carbons (Fsp3) is 0.381. The van der Waals surface area contributed by atoms with Gasteiger partial charge in [-0.25, -0.2) is 0 Å². The van der Waals surface area contributed by atoms with Crippen LogP contribution in [0.2, 0.25) is 0 Å². The fourth-order valence-electron chi connectivity index (χ4n) is 3.62. The molecule has 0 radical (unpaired) electrons. The fourth-order valence-corrected chi connectivity index (χ4v) is 3.62. The number of carbonyl (C=O) groups is 1. The highest BCUT2D eigenvalue weighted by molar-refractivity contribution is 5.76. The van der Waals surface area contributed by atoms with E-state index in [1.54, 1.807) is 23.1 Å². The number of H-pyrrole nitrogens is 1. The predicted octanol–water partition coefficient (Wildman–Crippen LogP) is 3.26. The van der Waals surface area contributed by atoms with Gasteiger partial charge in [0.05, 0.1) is 17.9 Å². The van der Waals surface area contributed by atoms with Crippen molar-refractivity contribution in [3.05, 3.63) is 65.7 Å². The second kappa shape index (κ2) is 8.83. The number of aromatic nitrogens is 4. The molecule has 2 aromatic heterocycles. The van der Waals surface area contributed by atoms with E-state index in [2.05, 4.69) is 15.3 Å². The normalized spacial score (nSPS) is 16.6. The summed E-state index contributed by atoms with van der Waals surface area (Å²) in [7, 11) is 0. The number of likely N-dealkylation sites (tertiary alicyclic amines) is 1. The summed E-state index contributed by atoms with van der Waals surface area (Å²) >= 11 is 0. The van der Waals surface area contributed by atoms with Crippen LogP contribution in [0.5, 0.6) is 5.75 Å². The molecule has 1 aliphatic heterocycles. The van der Waals surface area contributed by atoms with Crippen LogP contribution in [0.15, 0.2) is 48.8 Å². The smallest absolute Gasteiger partial charge is 0.416 e. The highest BCUT2D eigenvalue weighted by Crippen LogP contribution is 2.31. The topological polar surface area (TPSA) is 76.0 Å². The Kier molecular flexibility index (Phi) is 5.97. The van der Waals surface area contributed by atoms with Crippen molar-refractivity contribution in [3.8, 4) is 5.75 Å². The van der Waals surface area contributed by atoms with Crippen molar-refractivity contribution in [2.45, 2.75) is 31.5 Å². The molecule has 1 fully saturated rings. The first-order chi connectivity index (χ1) is 14.9. The third kappa shape index (κ3) is 5.25. The molecule has 31 heavy (non-hydrogen) atoms. The molecular weight excluding hydrogens is 411 g/mol. The highest BCUT2D eigenvalue weighted by atomic mass is 19.4. The number of amides is 1. The van der Waals surface area contributed by atoms with Crippen LogP contribution in [0.3, 0.4) is 0 Å². The second-order valence-electron chi connectivity index (χ2n) is 7.47. The van der Waals surface area contributed by atoms with Gasteiger partial charge in [-0.15, -0.1) is 0 Å². The van der Waals surface area contributed by atoms with Gasteiger partial charge in [0, 0.05) is 43.5 Å². The van der Waals surface area contributed by atoms with Crippen LogP contribution in [-0.2, 0) is 23.9 Å². The molecule has 4 rings (SSSR count). The van der Waals surface area contributed by atoms with Crippen molar-refractivity contribution in [3.63, 3.8) is 0 Å². The number of halogens is 3. The monoisotopic (exact) mass is 433 g/mol. The van der Waals surface area contributed by atoms with E-state index >= 15 is 0 Å². The molecule has 1 saturated heterocycles. The van der Waals surface area contributed by atoms with Gasteiger partial charge in [0.15, 0.2) is 0 Å². The average molecular weight is 433 g/mol. The van der Waals surface area contributed by atoms with Crippen molar-refractivity contribution in [2.75, 3.05) is 19.7 Å². The molecule has 3 aromatic rings. The Balaban J connectivity index is 1.27. The average Bonchev–Trinajstić information content (AvgIpc) is 3.49. The number of alkyl halides is 3. The maximum atomic E-state index is 12.8. The number of ether oxygens (including phenoxy) is 1. The van der Waals surface area contributed by atoms with Crippen LogP contribution in [0.25, 0.3) is 0 Å². The predicted molar refractivity (Wildman–Crippen MR) is 105 cm³/mol. The molecule has 0 spiro atoms. The Morgan fingerprint density at radius 3 is 2.90 bits per heavy atom. The van der Waals surface area contributed by atoms with Gasteiger partial charge in [-0.3, -0.25) is 14.6 Å². The Labute approximate surface area is 176 Å². The van der Waals surface area contributed by atoms with E-state index < -0.39 is 11.7 Å². The van der Waals surface area contributed by atoms with Crippen molar-refractivity contribution >= 4 is 5.91 Å². The molecule has 1 aromatic carbocycles. The van der Waals surface area contributed by atoms with Gasteiger partial charge in [0.1, 0.15) is 12.3 Å². The molecule has 3 heterocycles. The Hall–Kier alpha value is -3.30. The lowest BCUT2D eigenvalue weighted by Gasteiger charge is -2.16. The first kappa shape index (κ1) is 21.0. The minimum absolute atomic E-state index is 0.0245. The van der Waals surface area contributed by atoms with E-state index in [9.17, 15) is 18.0 Å². The molecule has 1 N–H and O–H groups in total. The van der Waals surface area contributed by atoms with Crippen molar-refractivity contribution in [2.24, 2.45) is 0 Å². The van der Waals surface area contributed by atoms with E-state index in [0.717, 1.165) is 29.9 Å². The number of aromatic amines is 1. The van der Waals surface area contributed by atoms with Crippen LogP contribution in [0.1, 0.15) is 29.3 Å². The quantitative estimate of drug-likeness (QED) is 0.621. The molecule has 0 bridgehead atoms. The number of benzene rings is 1. The zero-order valence-electron chi connectivity index (χ0n) is 16.7. The van der Waals surface area contributed by atoms with E-state index in [4.69, 9.17) is 4.74 Å². The van der Waals surface area contributed by atoms with Gasteiger partial charge in [-0.2, -0.15) is 23.4 Å². The molecule has 1 aliphatic rings. The maximum Gasteiger partial charge on any atom is 0.416 e. The number of nitrogens with one attached hydrogen (secondary N) is 1. The molecule has 7 nitrogen and oxygen atoms in total. The third-order valence-electron chi connectivity index (χ3n) is 5.27. The SMILES string of the molecule is O=C(Cn1cccn1)N1CC[C@H](c2cc(CCOc3cccc(C(F)(F)F)c3)[nH]n2)C1. The molecular formula is C21H22F3N5O2. The Morgan fingerprint density at radius 1 is 1.26 bits per heavy atom. The lowest BCUT2D eigenvalue weighted by Crippen LogP contribution is -2.31. The summed E-state index contributed by atoms with van der Waals surface area (Å²) in [6, 6.07) is 8.54. The first-order valence-electron chi connectivity index (χ1n) is 9.98. The number of carbonyl (C=O) groups excluding carboxylic acids is 1. The van der Waals surface area contributed by atoms with Crippen LogP contribution in [-0.4, -0.2) is 50.5 Å².